The zero-order chi connectivity index (χ0) is 18.0. The van der Waals surface area contributed by atoms with Crippen LogP contribution in [-0.4, -0.2) is 28.1 Å². The number of carbonyl (C=O) groups excluding carboxylic acids is 2. The van der Waals surface area contributed by atoms with E-state index in [4.69, 9.17) is 4.74 Å². The number of H-pyrrole nitrogens is 1. The van der Waals surface area contributed by atoms with Crippen molar-refractivity contribution in [2.75, 3.05) is 6.61 Å². The maximum absolute atomic E-state index is 13.7. The van der Waals surface area contributed by atoms with Gasteiger partial charge in [0.15, 0.2) is 24.0 Å². The molecule has 8 heteroatoms. The molecule has 1 aromatic heterocycles. The molecule has 7 nitrogen and oxygen atoms in total. The summed E-state index contributed by atoms with van der Waals surface area (Å²) in [6, 6.07) is 2.90. The van der Waals surface area contributed by atoms with Gasteiger partial charge < -0.3 is 9.72 Å². The summed E-state index contributed by atoms with van der Waals surface area (Å²) in [6.07, 6.45) is 0. The maximum Gasteiger partial charge on any atom is 0.272 e. The number of ketones is 2. The number of benzene rings is 1. The summed E-state index contributed by atoms with van der Waals surface area (Å²) >= 11 is 0. The number of nitrogens with zero attached hydrogens (tertiary/aromatic N) is 1. The van der Waals surface area contributed by atoms with Crippen molar-refractivity contribution < 1.29 is 23.6 Å². The summed E-state index contributed by atoms with van der Waals surface area (Å²) in [7, 11) is 0. The highest BCUT2D eigenvalue weighted by Gasteiger charge is 2.20. The van der Waals surface area contributed by atoms with Crippen LogP contribution in [0.4, 0.5) is 10.1 Å². The van der Waals surface area contributed by atoms with Gasteiger partial charge in [0.05, 0.1) is 16.7 Å². The molecule has 0 fully saturated rings. The molecule has 1 N–H and O–H groups in total. The van der Waals surface area contributed by atoms with E-state index in [-0.39, 0.29) is 17.2 Å². The second-order valence-electron chi connectivity index (χ2n) is 5.26. The van der Waals surface area contributed by atoms with Gasteiger partial charge in [-0.05, 0) is 32.4 Å². The molecule has 0 aliphatic heterocycles. The first-order valence-electron chi connectivity index (χ1n) is 7.02. The number of aromatic amines is 1. The Labute approximate surface area is 136 Å². The number of halogens is 1. The number of aromatic nitrogens is 1. The summed E-state index contributed by atoms with van der Waals surface area (Å²) in [4.78, 5) is 36.4. The van der Waals surface area contributed by atoms with Crippen LogP contribution in [0.3, 0.4) is 0 Å². The predicted molar refractivity (Wildman–Crippen MR) is 83.2 cm³/mol. The molecule has 0 saturated carbocycles. The molecule has 0 aliphatic carbocycles. The lowest BCUT2D eigenvalue weighted by Crippen LogP contribution is -2.14. The molecule has 2 rings (SSSR count). The van der Waals surface area contributed by atoms with E-state index in [1.165, 1.54) is 6.92 Å². The molecule has 0 saturated heterocycles. The fourth-order valence-corrected chi connectivity index (χ4v) is 2.49. The van der Waals surface area contributed by atoms with E-state index < -0.39 is 28.8 Å². The van der Waals surface area contributed by atoms with E-state index in [0.717, 1.165) is 18.2 Å². The highest BCUT2D eigenvalue weighted by atomic mass is 19.1. The van der Waals surface area contributed by atoms with E-state index in [1.54, 1.807) is 13.8 Å². The Hall–Kier alpha value is -3.03. The summed E-state index contributed by atoms with van der Waals surface area (Å²) in [5.74, 6) is -1.81. The largest absolute Gasteiger partial charge is 0.482 e. The second-order valence-corrected chi connectivity index (χ2v) is 5.26. The normalized spacial score (nSPS) is 10.5. The van der Waals surface area contributed by atoms with E-state index >= 15 is 0 Å². The molecular weight excluding hydrogens is 319 g/mol. The number of nitro groups is 1. The topological polar surface area (TPSA) is 102 Å². The van der Waals surface area contributed by atoms with Gasteiger partial charge in [0.25, 0.3) is 5.69 Å². The third-order valence-electron chi connectivity index (χ3n) is 3.55. The van der Waals surface area contributed by atoms with Crippen LogP contribution in [0.2, 0.25) is 0 Å². The molecule has 0 atom stereocenters. The Morgan fingerprint density at radius 1 is 1.33 bits per heavy atom. The molecule has 0 amide bonds. The van der Waals surface area contributed by atoms with Crippen LogP contribution in [0.15, 0.2) is 18.2 Å². The van der Waals surface area contributed by atoms with Crippen LogP contribution >= 0.6 is 0 Å². The summed E-state index contributed by atoms with van der Waals surface area (Å²) in [5.41, 5.74) is 1.34. The molecule has 0 unspecified atom stereocenters. The number of aryl methyl sites for hydroxylation is 1. The Kier molecular flexibility index (Phi) is 4.77. The van der Waals surface area contributed by atoms with Crippen LogP contribution in [0, 0.1) is 29.8 Å². The lowest BCUT2D eigenvalue weighted by atomic mass is 10.1. The van der Waals surface area contributed by atoms with Gasteiger partial charge in [0.2, 0.25) is 5.78 Å². The summed E-state index contributed by atoms with van der Waals surface area (Å²) in [6.45, 7) is 4.25. The van der Waals surface area contributed by atoms with E-state index in [1.807, 2.05) is 0 Å². The average molecular weight is 334 g/mol. The Bertz CT molecular complexity index is 841. The Morgan fingerprint density at radius 2 is 2.00 bits per heavy atom. The number of nitro benzene ring substituents is 1. The van der Waals surface area contributed by atoms with Crippen molar-refractivity contribution in [1.29, 1.82) is 0 Å². The molecule has 126 valence electrons. The van der Waals surface area contributed by atoms with Gasteiger partial charge in [-0.2, -0.15) is 0 Å². The number of hydrogen-bond acceptors (Lipinski definition) is 5. The number of hydrogen-bond donors (Lipinski definition) is 1. The van der Waals surface area contributed by atoms with Crippen molar-refractivity contribution in [1.82, 2.24) is 4.98 Å². The third-order valence-corrected chi connectivity index (χ3v) is 3.55. The van der Waals surface area contributed by atoms with Crippen molar-refractivity contribution in [3.63, 3.8) is 0 Å². The van der Waals surface area contributed by atoms with Gasteiger partial charge in [0, 0.05) is 17.3 Å². The lowest BCUT2D eigenvalue weighted by molar-refractivity contribution is -0.385. The summed E-state index contributed by atoms with van der Waals surface area (Å²) in [5, 5.41) is 10.6. The van der Waals surface area contributed by atoms with Crippen molar-refractivity contribution in [3.8, 4) is 5.75 Å². The first kappa shape index (κ1) is 17.3. The molecule has 0 radical (unpaired) electrons. The van der Waals surface area contributed by atoms with E-state index in [0.29, 0.717) is 16.8 Å². The van der Waals surface area contributed by atoms with E-state index in [9.17, 15) is 24.1 Å². The minimum atomic E-state index is -0.930. The first-order chi connectivity index (χ1) is 11.2. The lowest BCUT2D eigenvalue weighted by Gasteiger charge is -2.06. The molecular formula is C16H15FN2O5. The highest BCUT2D eigenvalue weighted by molar-refractivity contribution is 6.03. The smallest absolute Gasteiger partial charge is 0.272 e. The monoisotopic (exact) mass is 334 g/mol. The van der Waals surface area contributed by atoms with Crippen molar-refractivity contribution in [2.24, 2.45) is 0 Å². The number of nitrogens with one attached hydrogen (secondary N) is 1. The molecule has 1 heterocycles. The fourth-order valence-electron chi connectivity index (χ4n) is 2.49. The van der Waals surface area contributed by atoms with Crippen LogP contribution in [-0.2, 0) is 0 Å². The van der Waals surface area contributed by atoms with E-state index in [2.05, 4.69) is 4.98 Å². The first-order valence-corrected chi connectivity index (χ1v) is 7.02. The molecule has 2 aromatic rings. The van der Waals surface area contributed by atoms with Gasteiger partial charge >= 0.3 is 0 Å². The van der Waals surface area contributed by atoms with Crippen LogP contribution in [0.1, 0.15) is 39.0 Å². The van der Waals surface area contributed by atoms with Crippen LogP contribution in [0.25, 0.3) is 0 Å². The van der Waals surface area contributed by atoms with Crippen molar-refractivity contribution >= 4 is 17.3 Å². The number of ether oxygens (including phenoxy) is 1. The number of carbonyl (C=O) groups is 2. The number of non-ortho nitro benzene ring substituents is 1. The number of rotatable bonds is 6. The van der Waals surface area contributed by atoms with Crippen molar-refractivity contribution in [2.45, 2.75) is 20.8 Å². The molecule has 1 aromatic carbocycles. The quantitative estimate of drug-likeness (QED) is 0.496. The zero-order valence-corrected chi connectivity index (χ0v) is 13.3. The summed E-state index contributed by atoms with van der Waals surface area (Å²) < 4.78 is 18.8. The maximum atomic E-state index is 13.7. The third kappa shape index (κ3) is 3.32. The SMILES string of the molecule is CC(=O)c1c(C)[nH]c(C(=O)COc2ccc([N+](=O)[O-])cc2F)c1C. The van der Waals surface area contributed by atoms with Gasteiger partial charge in [-0.15, -0.1) is 0 Å². The zero-order valence-electron chi connectivity index (χ0n) is 13.3. The molecule has 0 spiro atoms. The highest BCUT2D eigenvalue weighted by Crippen LogP contribution is 2.23. The predicted octanol–water partition coefficient (Wildman–Crippen LogP) is 3.14. The minimum absolute atomic E-state index is 0.164. The van der Waals surface area contributed by atoms with Gasteiger partial charge in [-0.1, -0.05) is 0 Å². The van der Waals surface area contributed by atoms with Gasteiger partial charge in [-0.3, -0.25) is 19.7 Å². The number of Topliss-reactive ketones (excluding diaryl/α,β-unsaturated/α-hetero) is 2. The van der Waals surface area contributed by atoms with Crippen LogP contribution in [0.5, 0.6) is 5.75 Å². The molecule has 24 heavy (non-hydrogen) atoms. The molecule has 0 bridgehead atoms. The Balaban J connectivity index is 2.16. The fraction of sp³-hybridized carbons (Fsp3) is 0.250. The minimum Gasteiger partial charge on any atom is -0.482 e. The second kappa shape index (κ2) is 6.61. The van der Waals surface area contributed by atoms with Crippen molar-refractivity contribution in [3.05, 3.63) is 56.6 Å². The van der Waals surface area contributed by atoms with Gasteiger partial charge in [0.1, 0.15) is 0 Å². The van der Waals surface area contributed by atoms with Crippen LogP contribution < -0.4 is 4.74 Å². The van der Waals surface area contributed by atoms with Gasteiger partial charge in [-0.25, -0.2) is 4.39 Å². The average Bonchev–Trinajstić information content (AvgIpc) is 2.80. The molecule has 0 aliphatic rings. The standard InChI is InChI=1S/C16H15FN2O5/c1-8-15(10(3)20)9(2)18-16(8)13(21)7-24-14-5-4-11(19(22)23)6-12(14)17/h4-6,18H,7H2,1-3H3. The Morgan fingerprint density at radius 3 is 2.50 bits per heavy atom.